The van der Waals surface area contributed by atoms with Crippen molar-refractivity contribution < 1.29 is 4.74 Å². The van der Waals surface area contributed by atoms with Crippen LogP contribution in [0.3, 0.4) is 0 Å². The number of pyridine rings is 1. The van der Waals surface area contributed by atoms with E-state index in [0.29, 0.717) is 5.41 Å². The van der Waals surface area contributed by atoms with Crippen LogP contribution in [0.1, 0.15) is 59.2 Å². The third kappa shape index (κ3) is 5.07. The summed E-state index contributed by atoms with van der Waals surface area (Å²) in [4.78, 5) is 9.47. The monoisotopic (exact) mass is 367 g/mol. The average molecular weight is 368 g/mol. The Morgan fingerprint density at radius 3 is 2.63 bits per heavy atom. The fourth-order valence-electron chi connectivity index (χ4n) is 3.54. The van der Waals surface area contributed by atoms with Crippen molar-refractivity contribution in [3.8, 4) is 0 Å². The molecule has 0 aliphatic rings. The van der Waals surface area contributed by atoms with Crippen LogP contribution in [0, 0.1) is 5.41 Å². The number of benzene rings is 1. The molecule has 0 atom stereocenters. The SMILES string of the molecule is CCCCc1nc2cnc3ccccc3c2n1CCOCCCC(C)(C)C. The van der Waals surface area contributed by atoms with Crippen molar-refractivity contribution in [3.05, 3.63) is 36.3 Å². The molecule has 0 aliphatic carbocycles. The van der Waals surface area contributed by atoms with E-state index in [1.54, 1.807) is 0 Å². The minimum atomic E-state index is 0.378. The van der Waals surface area contributed by atoms with Gasteiger partial charge in [-0.3, -0.25) is 4.98 Å². The van der Waals surface area contributed by atoms with E-state index in [-0.39, 0.29) is 0 Å². The Bertz CT molecular complexity index is 876. The number of hydrogen-bond acceptors (Lipinski definition) is 3. The molecule has 0 fully saturated rings. The van der Waals surface area contributed by atoms with Gasteiger partial charge in [-0.15, -0.1) is 0 Å². The lowest BCUT2D eigenvalue weighted by Gasteiger charge is -2.17. The van der Waals surface area contributed by atoms with Crippen molar-refractivity contribution in [2.24, 2.45) is 5.41 Å². The van der Waals surface area contributed by atoms with Gasteiger partial charge in [-0.2, -0.15) is 0 Å². The molecule has 2 heterocycles. The van der Waals surface area contributed by atoms with E-state index in [0.717, 1.165) is 55.9 Å². The van der Waals surface area contributed by atoms with Crippen molar-refractivity contribution in [1.29, 1.82) is 0 Å². The highest BCUT2D eigenvalue weighted by Gasteiger charge is 2.14. The molecule has 3 aromatic rings. The summed E-state index contributed by atoms with van der Waals surface area (Å²) in [6.45, 7) is 11.5. The molecule has 0 saturated heterocycles. The molecule has 4 nitrogen and oxygen atoms in total. The van der Waals surface area contributed by atoms with Gasteiger partial charge in [-0.05, 0) is 30.7 Å². The molecule has 0 bridgehead atoms. The number of ether oxygens (including phenoxy) is 1. The highest BCUT2D eigenvalue weighted by atomic mass is 16.5. The van der Waals surface area contributed by atoms with Crippen LogP contribution in [0.15, 0.2) is 30.5 Å². The first-order valence-electron chi connectivity index (χ1n) is 10.3. The molecule has 2 aromatic heterocycles. The van der Waals surface area contributed by atoms with Gasteiger partial charge in [0.05, 0.1) is 23.8 Å². The van der Waals surface area contributed by atoms with E-state index >= 15 is 0 Å². The van der Waals surface area contributed by atoms with Crippen molar-refractivity contribution >= 4 is 21.9 Å². The maximum Gasteiger partial charge on any atom is 0.110 e. The Kier molecular flexibility index (Phi) is 6.48. The number of aryl methyl sites for hydroxylation is 1. The fourth-order valence-corrected chi connectivity index (χ4v) is 3.54. The highest BCUT2D eigenvalue weighted by Crippen LogP contribution is 2.25. The van der Waals surface area contributed by atoms with Crippen LogP contribution in [-0.4, -0.2) is 27.7 Å². The van der Waals surface area contributed by atoms with Crippen molar-refractivity contribution in [3.63, 3.8) is 0 Å². The second-order valence-electron chi connectivity index (χ2n) is 8.57. The van der Waals surface area contributed by atoms with E-state index in [1.165, 1.54) is 23.7 Å². The van der Waals surface area contributed by atoms with Crippen LogP contribution in [0.2, 0.25) is 0 Å². The number of fused-ring (bicyclic) bond motifs is 3. The number of imidazole rings is 1. The minimum Gasteiger partial charge on any atom is -0.380 e. The lowest BCUT2D eigenvalue weighted by atomic mass is 9.91. The zero-order valence-corrected chi connectivity index (χ0v) is 17.3. The van der Waals surface area contributed by atoms with Gasteiger partial charge < -0.3 is 9.30 Å². The van der Waals surface area contributed by atoms with Gasteiger partial charge in [-0.25, -0.2) is 4.98 Å². The van der Waals surface area contributed by atoms with Gasteiger partial charge in [0, 0.05) is 25.0 Å². The topological polar surface area (TPSA) is 39.9 Å². The predicted molar refractivity (Wildman–Crippen MR) is 113 cm³/mol. The van der Waals surface area contributed by atoms with Gasteiger partial charge in [0.25, 0.3) is 0 Å². The Morgan fingerprint density at radius 1 is 1.04 bits per heavy atom. The quantitative estimate of drug-likeness (QED) is 0.451. The van der Waals surface area contributed by atoms with Gasteiger partial charge in [0.15, 0.2) is 0 Å². The molecule has 1 aromatic carbocycles. The van der Waals surface area contributed by atoms with Crippen molar-refractivity contribution in [2.75, 3.05) is 13.2 Å². The molecule has 0 radical (unpaired) electrons. The average Bonchev–Trinajstić information content (AvgIpc) is 3.00. The largest absolute Gasteiger partial charge is 0.380 e. The number of para-hydroxylation sites is 1. The lowest BCUT2D eigenvalue weighted by molar-refractivity contribution is 0.115. The molecule has 3 rings (SSSR count). The third-order valence-electron chi connectivity index (χ3n) is 4.99. The molecule has 0 N–H and O–H groups in total. The molecule has 146 valence electrons. The Labute approximate surface area is 163 Å². The molecule has 0 saturated carbocycles. The van der Waals surface area contributed by atoms with Crippen molar-refractivity contribution in [1.82, 2.24) is 14.5 Å². The Morgan fingerprint density at radius 2 is 1.85 bits per heavy atom. The van der Waals surface area contributed by atoms with Crippen LogP contribution in [0.5, 0.6) is 0 Å². The summed E-state index contributed by atoms with van der Waals surface area (Å²) in [7, 11) is 0. The fraction of sp³-hybridized carbons (Fsp3) is 0.565. The van der Waals surface area contributed by atoms with Crippen LogP contribution < -0.4 is 0 Å². The van der Waals surface area contributed by atoms with E-state index < -0.39 is 0 Å². The number of rotatable bonds is 9. The second kappa shape index (κ2) is 8.83. The molecule has 27 heavy (non-hydrogen) atoms. The van der Waals surface area contributed by atoms with E-state index in [4.69, 9.17) is 9.72 Å². The summed E-state index contributed by atoms with van der Waals surface area (Å²) < 4.78 is 8.32. The standard InChI is InChI=1S/C23H33N3O/c1-5-6-12-21-25-20-17-24-19-11-8-7-10-18(19)22(20)26(21)14-16-27-15-9-13-23(2,3)4/h7-8,10-11,17H,5-6,9,12-16H2,1-4H3. The van der Waals surface area contributed by atoms with Gasteiger partial charge in [0.2, 0.25) is 0 Å². The number of unbranched alkanes of at least 4 members (excludes halogenated alkanes) is 1. The Balaban J connectivity index is 1.78. The van der Waals surface area contributed by atoms with Crippen LogP contribution >= 0.6 is 0 Å². The van der Waals surface area contributed by atoms with Gasteiger partial charge >= 0.3 is 0 Å². The lowest BCUT2D eigenvalue weighted by Crippen LogP contribution is -2.12. The number of nitrogens with zero attached hydrogens (tertiary/aromatic N) is 3. The molecular formula is C23H33N3O. The molecule has 0 amide bonds. The molecule has 0 aliphatic heterocycles. The summed E-state index contributed by atoms with van der Waals surface area (Å²) in [6, 6.07) is 8.34. The normalized spacial score (nSPS) is 12.3. The number of hydrogen-bond donors (Lipinski definition) is 0. The highest BCUT2D eigenvalue weighted by molar-refractivity contribution is 6.02. The van der Waals surface area contributed by atoms with Crippen molar-refractivity contribution in [2.45, 2.75) is 66.3 Å². The minimum absolute atomic E-state index is 0.378. The van der Waals surface area contributed by atoms with Crippen LogP contribution in [0.4, 0.5) is 0 Å². The predicted octanol–water partition coefficient (Wildman–Crippen LogP) is 5.77. The molecule has 4 heteroatoms. The molecular weight excluding hydrogens is 334 g/mol. The van der Waals surface area contributed by atoms with Crippen LogP contribution in [-0.2, 0) is 17.7 Å². The third-order valence-corrected chi connectivity index (χ3v) is 4.99. The van der Waals surface area contributed by atoms with E-state index in [2.05, 4.69) is 55.4 Å². The summed E-state index contributed by atoms with van der Waals surface area (Å²) in [6.07, 6.45) is 7.55. The zero-order valence-electron chi connectivity index (χ0n) is 17.3. The zero-order chi connectivity index (χ0) is 19.3. The second-order valence-corrected chi connectivity index (χ2v) is 8.57. The van der Waals surface area contributed by atoms with Gasteiger partial charge in [-0.1, -0.05) is 52.3 Å². The maximum absolute atomic E-state index is 5.96. The summed E-state index contributed by atoms with van der Waals surface area (Å²) in [5.41, 5.74) is 3.60. The summed E-state index contributed by atoms with van der Waals surface area (Å²) in [5, 5.41) is 1.18. The molecule has 0 unspecified atom stereocenters. The smallest absolute Gasteiger partial charge is 0.110 e. The van der Waals surface area contributed by atoms with E-state index in [9.17, 15) is 0 Å². The molecule has 0 spiro atoms. The maximum atomic E-state index is 5.96. The van der Waals surface area contributed by atoms with Crippen LogP contribution in [0.25, 0.3) is 21.9 Å². The number of aromatic nitrogens is 3. The first-order valence-corrected chi connectivity index (χ1v) is 10.3. The van der Waals surface area contributed by atoms with E-state index in [1.807, 2.05) is 12.3 Å². The summed E-state index contributed by atoms with van der Waals surface area (Å²) >= 11 is 0. The van der Waals surface area contributed by atoms with Gasteiger partial charge in [0.1, 0.15) is 11.3 Å². The summed E-state index contributed by atoms with van der Waals surface area (Å²) in [5.74, 6) is 1.16. The first-order chi connectivity index (χ1) is 13.0. The Hall–Kier alpha value is -1.94. The first kappa shape index (κ1) is 19.8.